The average molecular weight is 541 g/mol. The first-order chi connectivity index (χ1) is 17.7. The zero-order valence-corrected chi connectivity index (χ0v) is 24.6. The topological polar surface area (TPSA) is 80.6 Å². The molecule has 0 aliphatic heterocycles. The molecule has 0 amide bonds. The summed E-state index contributed by atoms with van der Waals surface area (Å²) in [7, 11) is -2.40. The number of halogens is 1. The van der Waals surface area contributed by atoms with E-state index in [0.717, 1.165) is 29.6 Å². The number of aromatic nitrogens is 1. The molecule has 1 aromatic heterocycles. The predicted molar refractivity (Wildman–Crippen MR) is 155 cm³/mol. The number of hydrogen-bond acceptors (Lipinski definition) is 5. The minimum Gasteiger partial charge on any atom is -0.462 e. The second kappa shape index (κ2) is 11.8. The van der Waals surface area contributed by atoms with Crippen molar-refractivity contribution in [3.63, 3.8) is 0 Å². The van der Waals surface area contributed by atoms with Gasteiger partial charge in [0, 0.05) is 29.9 Å². The van der Waals surface area contributed by atoms with E-state index in [1.165, 1.54) is 12.1 Å². The summed E-state index contributed by atoms with van der Waals surface area (Å²) in [6.45, 7) is 14.8. The molecule has 0 aliphatic carbocycles. The van der Waals surface area contributed by atoms with Gasteiger partial charge in [-0.1, -0.05) is 39.8 Å². The van der Waals surface area contributed by atoms with Crippen LogP contribution in [0, 0.1) is 11.7 Å². The first kappa shape index (κ1) is 29.6. The summed E-state index contributed by atoms with van der Waals surface area (Å²) in [5.74, 6) is -0.713. The Labute approximate surface area is 226 Å². The van der Waals surface area contributed by atoms with Crippen LogP contribution in [0.3, 0.4) is 0 Å². The molecular formula is C30H41FN2O4Si. The van der Waals surface area contributed by atoms with E-state index in [-0.39, 0.29) is 40.4 Å². The van der Waals surface area contributed by atoms with Gasteiger partial charge in [-0.2, -0.15) is 0 Å². The van der Waals surface area contributed by atoms with Gasteiger partial charge in [0.2, 0.25) is 5.43 Å². The van der Waals surface area contributed by atoms with E-state index < -0.39 is 14.3 Å². The molecule has 0 fully saturated rings. The zero-order valence-electron chi connectivity index (χ0n) is 23.6. The van der Waals surface area contributed by atoms with Crippen LogP contribution >= 0.6 is 0 Å². The highest BCUT2D eigenvalue weighted by atomic mass is 28.4. The Bertz CT molecular complexity index is 1330. The number of ether oxygens (including phenoxy) is 1. The molecule has 0 saturated heterocycles. The highest BCUT2D eigenvalue weighted by molar-refractivity contribution is 6.72. The summed E-state index contributed by atoms with van der Waals surface area (Å²) in [5, 5.41) is 3.53. The van der Waals surface area contributed by atoms with Gasteiger partial charge in [-0.25, -0.2) is 9.18 Å². The summed E-state index contributed by atoms with van der Waals surface area (Å²) >= 11 is 0. The lowest BCUT2D eigenvalue weighted by Crippen LogP contribution is -2.39. The van der Waals surface area contributed by atoms with E-state index in [2.05, 4.69) is 33.0 Å². The molecule has 3 aromatic rings. The Morgan fingerprint density at radius 2 is 1.82 bits per heavy atom. The lowest BCUT2D eigenvalue weighted by molar-refractivity contribution is 0.0523. The van der Waals surface area contributed by atoms with Crippen LogP contribution in [0.25, 0.3) is 10.9 Å². The Kier molecular flexibility index (Phi) is 9.20. The maximum absolute atomic E-state index is 13.5. The molecule has 0 radical (unpaired) electrons. The quantitative estimate of drug-likeness (QED) is 0.205. The third-order valence-electron chi connectivity index (χ3n) is 7.79. The maximum atomic E-state index is 13.5. The van der Waals surface area contributed by atoms with Gasteiger partial charge in [0.05, 0.1) is 12.1 Å². The highest BCUT2D eigenvalue weighted by Crippen LogP contribution is 2.42. The van der Waals surface area contributed by atoms with Crippen molar-refractivity contribution in [2.24, 2.45) is 5.92 Å². The number of carbonyl (C=O) groups excluding carboxylic acids is 1. The first-order valence-electron chi connectivity index (χ1n) is 13.3. The fraction of sp³-hybridized carbons (Fsp3) is 0.467. The normalized spacial score (nSPS) is 13.1. The largest absolute Gasteiger partial charge is 0.462 e. The number of esters is 1. The number of benzene rings is 2. The van der Waals surface area contributed by atoms with Gasteiger partial charge in [0.15, 0.2) is 8.32 Å². The van der Waals surface area contributed by atoms with Gasteiger partial charge in [-0.05, 0) is 79.7 Å². The fourth-order valence-corrected chi connectivity index (χ4v) is 5.26. The summed E-state index contributed by atoms with van der Waals surface area (Å²) in [6, 6.07) is 11.8. The van der Waals surface area contributed by atoms with Crippen molar-refractivity contribution >= 4 is 30.9 Å². The summed E-state index contributed by atoms with van der Waals surface area (Å²) in [5.41, 5.74) is 2.01. The predicted octanol–water partition coefficient (Wildman–Crippen LogP) is 6.88. The van der Waals surface area contributed by atoms with Crippen LogP contribution in [0.2, 0.25) is 18.1 Å². The summed E-state index contributed by atoms with van der Waals surface area (Å²) in [6.07, 6.45) is 3.24. The van der Waals surface area contributed by atoms with Crippen LogP contribution in [-0.4, -0.2) is 30.3 Å². The minimum absolute atomic E-state index is 0.0000686. The van der Waals surface area contributed by atoms with Crippen molar-refractivity contribution in [2.45, 2.75) is 78.2 Å². The smallest absolute Gasteiger partial charge is 0.343 e. The van der Waals surface area contributed by atoms with Crippen molar-refractivity contribution in [3.8, 4) is 0 Å². The minimum atomic E-state index is -2.40. The van der Waals surface area contributed by atoms with Crippen molar-refractivity contribution in [1.29, 1.82) is 0 Å². The van der Waals surface area contributed by atoms with Crippen LogP contribution < -0.4 is 10.7 Å². The number of hydrogen-bond donors (Lipinski definition) is 2. The molecular weight excluding hydrogens is 499 g/mol. The standard InChI is InChI=1S/C30H41FN2O4Si/c1-8-37-29(35)25-19-33(26(20(2)3)15-16-30(4,5)38(6,7)36)27-14-13-23(17-24(27)28(25)34)32-18-21-9-11-22(31)12-10-21/h9-14,17,19-20,26,32,36H,8,15-16,18H2,1-7H3/t26-/m1/s1. The average Bonchev–Trinajstić information content (AvgIpc) is 2.84. The number of anilines is 1. The van der Waals surface area contributed by atoms with Gasteiger partial charge < -0.3 is 19.4 Å². The number of rotatable bonds is 11. The number of nitrogens with zero attached hydrogens (tertiary/aromatic N) is 1. The van der Waals surface area contributed by atoms with Gasteiger partial charge in [-0.3, -0.25) is 4.79 Å². The monoisotopic (exact) mass is 540 g/mol. The molecule has 1 heterocycles. The van der Waals surface area contributed by atoms with Crippen LogP contribution in [0.1, 0.15) is 69.4 Å². The molecule has 0 aliphatic rings. The van der Waals surface area contributed by atoms with E-state index in [0.29, 0.717) is 11.9 Å². The zero-order chi connectivity index (χ0) is 28.3. The van der Waals surface area contributed by atoms with Crippen molar-refractivity contribution in [1.82, 2.24) is 4.57 Å². The first-order valence-corrected chi connectivity index (χ1v) is 16.3. The number of nitrogens with one attached hydrogen (secondary N) is 1. The summed E-state index contributed by atoms with van der Waals surface area (Å²) in [4.78, 5) is 37.1. The molecule has 6 nitrogen and oxygen atoms in total. The van der Waals surface area contributed by atoms with Crippen molar-refractivity contribution in [2.75, 3.05) is 11.9 Å². The molecule has 2 N–H and O–H groups in total. The Morgan fingerprint density at radius 1 is 1.16 bits per heavy atom. The molecule has 1 atom stereocenters. The molecule has 0 bridgehead atoms. The van der Waals surface area contributed by atoms with Crippen LogP contribution in [0.4, 0.5) is 10.1 Å². The molecule has 38 heavy (non-hydrogen) atoms. The maximum Gasteiger partial charge on any atom is 0.343 e. The third kappa shape index (κ3) is 6.72. The van der Waals surface area contributed by atoms with Crippen LogP contribution in [-0.2, 0) is 11.3 Å². The number of carbonyl (C=O) groups is 1. The molecule has 206 valence electrons. The highest BCUT2D eigenvalue weighted by Gasteiger charge is 2.38. The SMILES string of the molecule is CCOC(=O)c1cn([C@H](CCC(C)(C)[Si](C)(C)O)C(C)C)c2ccc(NCc3ccc(F)cc3)cc2c1=O. The van der Waals surface area contributed by atoms with E-state index in [1.807, 2.05) is 29.8 Å². The van der Waals surface area contributed by atoms with Gasteiger partial charge in [-0.15, -0.1) is 0 Å². The molecule has 2 aromatic carbocycles. The lowest BCUT2D eigenvalue weighted by atomic mass is 9.93. The Balaban J connectivity index is 2.07. The van der Waals surface area contributed by atoms with Crippen molar-refractivity contribution < 1.29 is 18.7 Å². The Hall–Kier alpha value is -2.97. The fourth-order valence-electron chi connectivity index (χ4n) is 4.51. The van der Waals surface area contributed by atoms with E-state index >= 15 is 0 Å². The second-order valence-corrected chi connectivity index (χ2v) is 16.0. The molecule has 0 saturated carbocycles. The number of fused-ring (bicyclic) bond motifs is 1. The van der Waals surface area contributed by atoms with E-state index in [1.54, 1.807) is 31.3 Å². The van der Waals surface area contributed by atoms with E-state index in [9.17, 15) is 18.8 Å². The molecule has 8 heteroatoms. The molecule has 0 unspecified atom stereocenters. The molecule has 0 spiro atoms. The second-order valence-electron chi connectivity index (χ2n) is 11.5. The number of pyridine rings is 1. The molecule has 3 rings (SSSR count). The third-order valence-corrected chi connectivity index (χ3v) is 11.3. The van der Waals surface area contributed by atoms with E-state index in [4.69, 9.17) is 4.74 Å². The van der Waals surface area contributed by atoms with Gasteiger partial charge in [0.25, 0.3) is 0 Å². The van der Waals surface area contributed by atoms with Gasteiger partial charge in [0.1, 0.15) is 11.4 Å². The Morgan fingerprint density at radius 3 is 2.39 bits per heavy atom. The van der Waals surface area contributed by atoms with Crippen LogP contribution in [0.15, 0.2) is 53.5 Å². The summed E-state index contributed by atoms with van der Waals surface area (Å²) < 4.78 is 20.5. The van der Waals surface area contributed by atoms with Gasteiger partial charge >= 0.3 is 5.97 Å². The lowest BCUT2D eigenvalue weighted by Gasteiger charge is -2.37. The van der Waals surface area contributed by atoms with Crippen LogP contribution in [0.5, 0.6) is 0 Å². The van der Waals surface area contributed by atoms with Crippen molar-refractivity contribution in [3.05, 3.63) is 75.8 Å².